The number of aromatic amines is 1. The van der Waals surface area contributed by atoms with Gasteiger partial charge in [0, 0.05) is 34.6 Å². The Hall–Kier alpha value is -4.33. The quantitative estimate of drug-likeness (QED) is 0.230. The summed E-state index contributed by atoms with van der Waals surface area (Å²) in [6.45, 7) is 0. The van der Waals surface area contributed by atoms with Crippen LogP contribution in [0.25, 0.3) is 44.3 Å². The van der Waals surface area contributed by atoms with Crippen molar-refractivity contribution < 1.29 is 18.7 Å². The molecule has 0 spiro atoms. The highest BCUT2D eigenvalue weighted by atomic mass is 19.1. The number of aromatic nitrogens is 3. The second kappa shape index (κ2) is 9.15. The van der Waals surface area contributed by atoms with Crippen molar-refractivity contribution in [2.24, 2.45) is 17.8 Å². The first-order valence-corrected chi connectivity index (χ1v) is 13.3. The molecule has 3 aromatic carbocycles. The normalized spacial score (nSPS) is 22.4. The van der Waals surface area contributed by atoms with E-state index in [1.807, 2.05) is 48.5 Å². The van der Waals surface area contributed by atoms with Crippen molar-refractivity contribution in [3.63, 3.8) is 0 Å². The molecule has 2 bridgehead atoms. The molecule has 3 aliphatic carbocycles. The van der Waals surface area contributed by atoms with Gasteiger partial charge >= 0.3 is 5.97 Å². The van der Waals surface area contributed by atoms with Crippen LogP contribution in [0, 0.1) is 29.4 Å². The maximum Gasteiger partial charge on any atom is 0.308 e. The van der Waals surface area contributed by atoms with Crippen molar-refractivity contribution in [2.75, 3.05) is 5.32 Å². The molecule has 3 aliphatic rings. The minimum Gasteiger partial charge on any atom is -0.481 e. The molecular weight excluding hydrogens is 498 g/mol. The number of hydrogen-bond acceptors (Lipinski definition) is 4. The smallest absolute Gasteiger partial charge is 0.308 e. The molecule has 0 aliphatic heterocycles. The summed E-state index contributed by atoms with van der Waals surface area (Å²) in [4.78, 5) is 24.9. The molecular formula is C31H26F2N4O2. The van der Waals surface area contributed by atoms with Gasteiger partial charge in [0.15, 0.2) is 5.82 Å². The average Bonchev–Trinajstić information content (AvgIpc) is 3.38. The second-order valence-corrected chi connectivity index (χ2v) is 10.7. The number of carbonyl (C=O) groups is 1. The number of nitrogens with zero attached hydrogens (tertiary/aromatic N) is 2. The molecule has 8 rings (SSSR count). The van der Waals surface area contributed by atoms with Gasteiger partial charge in [0.1, 0.15) is 17.5 Å². The monoisotopic (exact) mass is 524 g/mol. The Morgan fingerprint density at radius 3 is 2.44 bits per heavy atom. The van der Waals surface area contributed by atoms with Gasteiger partial charge in [-0.05, 0) is 66.8 Å². The molecule has 2 heterocycles. The topological polar surface area (TPSA) is 90.9 Å². The molecule has 0 amide bonds. The first-order valence-electron chi connectivity index (χ1n) is 13.3. The van der Waals surface area contributed by atoms with E-state index in [2.05, 4.69) is 10.3 Å². The van der Waals surface area contributed by atoms with Crippen molar-refractivity contribution in [2.45, 2.75) is 31.7 Å². The van der Waals surface area contributed by atoms with Crippen LogP contribution >= 0.6 is 0 Å². The molecule has 3 fully saturated rings. The van der Waals surface area contributed by atoms with Gasteiger partial charge < -0.3 is 15.4 Å². The van der Waals surface area contributed by atoms with Crippen LogP contribution in [-0.2, 0) is 4.79 Å². The molecule has 39 heavy (non-hydrogen) atoms. The third kappa shape index (κ3) is 4.02. The molecule has 2 atom stereocenters. The summed E-state index contributed by atoms with van der Waals surface area (Å²) in [5.41, 5.74) is 3.30. The Morgan fingerprint density at radius 2 is 1.67 bits per heavy atom. The fraction of sp³-hybridized carbons (Fsp3) is 0.258. The first-order chi connectivity index (χ1) is 19.0. The van der Waals surface area contributed by atoms with E-state index in [9.17, 15) is 18.7 Å². The number of carboxylic acid groups (broad SMARTS) is 1. The molecule has 0 saturated heterocycles. The third-order valence-electron chi connectivity index (χ3n) is 8.56. The van der Waals surface area contributed by atoms with Crippen LogP contribution in [0.4, 0.5) is 14.6 Å². The van der Waals surface area contributed by atoms with Gasteiger partial charge in [0.25, 0.3) is 0 Å². The largest absolute Gasteiger partial charge is 0.481 e. The van der Waals surface area contributed by atoms with Crippen LogP contribution in [0.15, 0.2) is 66.9 Å². The zero-order valence-electron chi connectivity index (χ0n) is 21.0. The lowest BCUT2D eigenvalue weighted by atomic mass is 9.61. The van der Waals surface area contributed by atoms with Gasteiger partial charge in [-0.2, -0.15) is 0 Å². The van der Waals surface area contributed by atoms with Crippen LogP contribution in [0.3, 0.4) is 0 Å². The third-order valence-corrected chi connectivity index (χ3v) is 8.56. The lowest BCUT2D eigenvalue weighted by Crippen LogP contribution is -2.51. The predicted octanol–water partition coefficient (Wildman–Crippen LogP) is 7.02. The number of hydrogen-bond donors (Lipinski definition) is 3. The molecule has 6 nitrogen and oxygen atoms in total. The molecule has 8 heteroatoms. The second-order valence-electron chi connectivity index (χ2n) is 10.7. The number of carboxylic acids is 1. The van der Waals surface area contributed by atoms with Gasteiger partial charge in [-0.1, -0.05) is 36.4 Å². The van der Waals surface area contributed by atoms with Crippen LogP contribution in [0.5, 0.6) is 0 Å². The van der Waals surface area contributed by atoms with E-state index in [1.54, 1.807) is 6.20 Å². The highest BCUT2D eigenvalue weighted by molar-refractivity contribution is 5.98. The average molecular weight is 525 g/mol. The summed E-state index contributed by atoms with van der Waals surface area (Å²) in [6, 6.07) is 17.7. The zero-order chi connectivity index (χ0) is 26.7. The van der Waals surface area contributed by atoms with Gasteiger partial charge in [-0.3, -0.25) is 4.79 Å². The number of nitrogens with one attached hydrogen (secondary N) is 2. The van der Waals surface area contributed by atoms with Gasteiger partial charge in [0.2, 0.25) is 0 Å². The molecule has 2 aromatic heterocycles. The number of rotatable bonds is 5. The Labute approximate surface area is 223 Å². The summed E-state index contributed by atoms with van der Waals surface area (Å²) in [6.07, 6.45) is 5.43. The standard InChI is InChI=1S/C31H26F2N4O2/c32-20-13-22-23(15-34-28(22)24(33)14-20)30-35-25-12-19(16-4-2-1-3-5-16)10-11-21(25)29(37-30)36-27-18-8-6-17(7-9-18)26(27)31(38)39/h1-5,10-15,17-18,26-27,34H,6-9H2,(H,38,39)(H,35,36,37)/t17?,18?,26-,27-/m0/s1. The van der Waals surface area contributed by atoms with Gasteiger partial charge in [0.05, 0.1) is 17.0 Å². The van der Waals surface area contributed by atoms with E-state index in [1.165, 1.54) is 6.07 Å². The van der Waals surface area contributed by atoms with E-state index in [-0.39, 0.29) is 23.4 Å². The number of H-pyrrole nitrogens is 1. The Bertz CT molecular complexity index is 1730. The number of halogens is 2. The van der Waals surface area contributed by atoms with E-state index < -0.39 is 23.5 Å². The summed E-state index contributed by atoms with van der Waals surface area (Å²) in [7, 11) is 0. The Morgan fingerprint density at radius 1 is 0.897 bits per heavy atom. The molecule has 196 valence electrons. The molecule has 0 radical (unpaired) electrons. The minimum absolute atomic E-state index is 0.141. The van der Waals surface area contributed by atoms with Crippen molar-refractivity contribution >= 4 is 33.6 Å². The molecule has 0 unspecified atom stereocenters. The van der Waals surface area contributed by atoms with Gasteiger partial charge in [-0.15, -0.1) is 0 Å². The minimum atomic E-state index is -0.783. The SMILES string of the molecule is O=C(O)[C@H]1C2CCC(CC2)[C@@H]1Nc1nc(-c2c[nH]c3c(F)cc(F)cc23)nc2cc(-c3ccccc3)ccc12. The predicted molar refractivity (Wildman–Crippen MR) is 146 cm³/mol. The summed E-state index contributed by atoms with van der Waals surface area (Å²) < 4.78 is 28.7. The maximum absolute atomic E-state index is 14.5. The lowest BCUT2D eigenvalue weighted by Gasteiger charge is -2.47. The summed E-state index contributed by atoms with van der Waals surface area (Å²) in [5, 5.41) is 14.8. The maximum atomic E-state index is 14.5. The van der Waals surface area contributed by atoms with Crippen LogP contribution in [-0.4, -0.2) is 32.1 Å². The van der Waals surface area contributed by atoms with Crippen LogP contribution < -0.4 is 5.32 Å². The summed E-state index contributed by atoms with van der Waals surface area (Å²) in [5.74, 6) is -1.44. The lowest BCUT2D eigenvalue weighted by molar-refractivity contribution is -0.148. The summed E-state index contributed by atoms with van der Waals surface area (Å²) >= 11 is 0. The van der Waals surface area contributed by atoms with Crippen LogP contribution in [0.2, 0.25) is 0 Å². The molecule has 3 saturated carbocycles. The van der Waals surface area contributed by atoms with E-state index in [4.69, 9.17) is 9.97 Å². The fourth-order valence-electron chi connectivity index (χ4n) is 6.68. The number of aliphatic carboxylic acids is 1. The number of fused-ring (bicyclic) bond motifs is 5. The van der Waals surface area contributed by atoms with Gasteiger partial charge in [-0.25, -0.2) is 18.7 Å². The van der Waals surface area contributed by atoms with Crippen molar-refractivity contribution in [1.29, 1.82) is 0 Å². The van der Waals surface area contributed by atoms with Crippen molar-refractivity contribution in [3.8, 4) is 22.5 Å². The van der Waals surface area contributed by atoms with E-state index in [0.717, 1.165) is 48.3 Å². The van der Waals surface area contributed by atoms with Crippen molar-refractivity contribution in [1.82, 2.24) is 15.0 Å². The number of anilines is 1. The van der Waals surface area contributed by atoms with E-state index in [0.29, 0.717) is 28.1 Å². The highest BCUT2D eigenvalue weighted by Crippen LogP contribution is 2.47. The Balaban J connectivity index is 1.41. The van der Waals surface area contributed by atoms with Crippen molar-refractivity contribution in [3.05, 3.63) is 78.5 Å². The first kappa shape index (κ1) is 23.8. The van der Waals surface area contributed by atoms with Crippen LogP contribution in [0.1, 0.15) is 25.7 Å². The zero-order valence-corrected chi connectivity index (χ0v) is 21.0. The Kier molecular flexibility index (Phi) is 5.58. The molecule has 3 N–H and O–H groups in total. The highest BCUT2D eigenvalue weighted by Gasteiger charge is 2.47. The fourth-order valence-corrected chi connectivity index (χ4v) is 6.68. The number of benzene rings is 3. The molecule has 5 aromatic rings. The van der Waals surface area contributed by atoms with E-state index >= 15 is 0 Å².